The number of nitrogens with one attached hydrogen (secondary N) is 2. The quantitative estimate of drug-likeness (QED) is 0.433. The molecule has 1 amide bonds. The average molecular weight is 361 g/mol. The van der Waals surface area contributed by atoms with Crippen LogP contribution in [0.2, 0.25) is 0 Å². The van der Waals surface area contributed by atoms with Crippen LogP contribution in [-0.4, -0.2) is 27.8 Å². The third kappa shape index (κ3) is 3.92. The molecule has 0 atom stereocenters. The minimum Gasteiger partial charge on any atom is -0.362 e. The summed E-state index contributed by atoms with van der Waals surface area (Å²) in [4.78, 5) is 30.5. The van der Waals surface area contributed by atoms with Crippen LogP contribution < -0.4 is 16.2 Å². The highest BCUT2D eigenvalue weighted by Crippen LogP contribution is 2.18. The predicted molar refractivity (Wildman–Crippen MR) is 106 cm³/mol. The van der Waals surface area contributed by atoms with Gasteiger partial charge in [-0.1, -0.05) is 30.3 Å². The van der Waals surface area contributed by atoms with E-state index >= 15 is 0 Å². The average Bonchev–Trinajstić information content (AvgIpc) is 2.70. The number of para-hydroxylation sites is 2. The Morgan fingerprint density at radius 3 is 2.44 bits per heavy atom. The van der Waals surface area contributed by atoms with Gasteiger partial charge in [-0.3, -0.25) is 14.0 Å². The van der Waals surface area contributed by atoms with Crippen molar-refractivity contribution in [3.05, 3.63) is 76.7 Å². The Balaban J connectivity index is 0.000000481. The third-order valence-corrected chi connectivity index (χ3v) is 3.92. The lowest BCUT2D eigenvalue weighted by Crippen LogP contribution is -2.16. The van der Waals surface area contributed by atoms with Crippen LogP contribution in [0.15, 0.2) is 65.6 Å². The molecule has 0 aliphatic heterocycles. The van der Waals surface area contributed by atoms with Crippen LogP contribution in [-0.2, 0) is 4.79 Å². The van der Waals surface area contributed by atoms with Crippen LogP contribution in [0.25, 0.3) is 16.7 Å². The molecule has 0 saturated carbocycles. The second kappa shape index (κ2) is 8.09. The van der Waals surface area contributed by atoms with Gasteiger partial charge in [0, 0.05) is 18.9 Å². The molecule has 7 heteroatoms. The van der Waals surface area contributed by atoms with Crippen molar-refractivity contribution >= 4 is 34.6 Å². The fourth-order valence-corrected chi connectivity index (χ4v) is 2.56. The molecule has 0 saturated heterocycles. The van der Waals surface area contributed by atoms with E-state index in [0.717, 1.165) is 11.3 Å². The summed E-state index contributed by atoms with van der Waals surface area (Å²) in [6.07, 6.45) is 2.32. The van der Waals surface area contributed by atoms with Gasteiger partial charge in [-0.05, 0) is 36.8 Å². The van der Waals surface area contributed by atoms with Crippen molar-refractivity contribution in [2.45, 2.75) is 6.92 Å². The van der Waals surface area contributed by atoms with Crippen LogP contribution >= 0.6 is 0 Å². The lowest BCUT2D eigenvalue weighted by Gasteiger charge is -2.09. The van der Waals surface area contributed by atoms with Crippen LogP contribution in [0, 0.1) is 6.92 Å². The number of aryl methyl sites for hydroxylation is 1. The topological polar surface area (TPSA) is 88.4 Å². The molecule has 2 aromatic carbocycles. The van der Waals surface area contributed by atoms with Crippen molar-refractivity contribution in [1.29, 1.82) is 0 Å². The Hall–Kier alpha value is -3.74. The van der Waals surface area contributed by atoms with Crippen LogP contribution in [0.1, 0.15) is 5.56 Å². The largest absolute Gasteiger partial charge is 0.362 e. The summed E-state index contributed by atoms with van der Waals surface area (Å²) in [6, 6.07) is 17.0. The number of aromatic nitrogens is 3. The fraction of sp³-hybridized carbons (Fsp3) is 0.100. The zero-order valence-electron chi connectivity index (χ0n) is 15.0. The number of benzene rings is 2. The van der Waals surface area contributed by atoms with Crippen LogP contribution in [0.4, 0.5) is 11.5 Å². The Bertz CT molecular complexity index is 1150. The minimum atomic E-state index is -0.111. The van der Waals surface area contributed by atoms with Gasteiger partial charge in [0.1, 0.15) is 5.82 Å². The molecule has 4 rings (SSSR count). The summed E-state index contributed by atoms with van der Waals surface area (Å²) in [5.74, 6) is 1.04. The van der Waals surface area contributed by atoms with Gasteiger partial charge in [-0.2, -0.15) is 4.98 Å². The van der Waals surface area contributed by atoms with Gasteiger partial charge in [0.05, 0.1) is 10.9 Å². The van der Waals surface area contributed by atoms with Crippen molar-refractivity contribution < 1.29 is 4.79 Å². The first kappa shape index (κ1) is 18.1. The van der Waals surface area contributed by atoms with Gasteiger partial charge in [0.15, 0.2) is 0 Å². The molecule has 4 aromatic rings. The van der Waals surface area contributed by atoms with Crippen LogP contribution in [0.5, 0.6) is 0 Å². The molecule has 27 heavy (non-hydrogen) atoms. The number of carbonyl (C=O) groups is 1. The fourth-order valence-electron chi connectivity index (χ4n) is 2.56. The van der Waals surface area contributed by atoms with Crippen molar-refractivity contribution in [2.75, 3.05) is 12.4 Å². The zero-order chi connectivity index (χ0) is 19.2. The van der Waals surface area contributed by atoms with E-state index in [-0.39, 0.29) is 5.56 Å². The summed E-state index contributed by atoms with van der Waals surface area (Å²) in [5, 5.41) is 6.10. The molecule has 136 valence electrons. The second-order valence-electron chi connectivity index (χ2n) is 5.76. The second-order valence-corrected chi connectivity index (χ2v) is 5.76. The molecule has 7 nitrogen and oxygen atoms in total. The van der Waals surface area contributed by atoms with E-state index in [1.807, 2.05) is 49.4 Å². The number of carbonyl (C=O) groups excluding carboxylic acids is 1. The van der Waals surface area contributed by atoms with E-state index in [1.165, 1.54) is 4.40 Å². The molecule has 2 aromatic heterocycles. The SMILES string of the molecule is CNC=O.Cc1ccccc1Nc1ccn2c(=O)c3ccccc3nc2n1. The normalized spacial score (nSPS) is 10.1. The summed E-state index contributed by atoms with van der Waals surface area (Å²) >= 11 is 0. The van der Waals surface area contributed by atoms with Crippen molar-refractivity contribution in [1.82, 2.24) is 19.7 Å². The van der Waals surface area contributed by atoms with E-state index in [9.17, 15) is 4.79 Å². The van der Waals surface area contributed by atoms with E-state index in [1.54, 1.807) is 25.4 Å². The summed E-state index contributed by atoms with van der Waals surface area (Å²) in [7, 11) is 1.56. The molecular weight excluding hydrogens is 342 g/mol. The molecule has 0 aliphatic carbocycles. The van der Waals surface area contributed by atoms with Crippen LogP contribution in [0.3, 0.4) is 0 Å². The van der Waals surface area contributed by atoms with Gasteiger partial charge in [0.2, 0.25) is 12.2 Å². The number of fused-ring (bicyclic) bond motifs is 2. The molecule has 0 aliphatic rings. The molecule has 0 radical (unpaired) electrons. The van der Waals surface area contributed by atoms with E-state index in [4.69, 9.17) is 4.79 Å². The summed E-state index contributed by atoms with van der Waals surface area (Å²) in [5.41, 5.74) is 2.64. The maximum absolute atomic E-state index is 12.5. The highest BCUT2D eigenvalue weighted by molar-refractivity contribution is 5.79. The number of rotatable bonds is 3. The lowest BCUT2D eigenvalue weighted by molar-refractivity contribution is -0.109. The number of nitrogens with zero attached hydrogens (tertiary/aromatic N) is 3. The van der Waals surface area contributed by atoms with Gasteiger partial charge in [0.25, 0.3) is 5.56 Å². The standard InChI is InChI=1S/C18H14N4O.C2H5NO/c1-12-6-2-4-8-14(12)19-16-10-11-22-17(23)13-7-3-5-9-15(13)20-18(22)21-16;1-3-2-4/h2-11H,1H3,(H,19,20,21);2H,1H3,(H,3,4). The molecule has 2 N–H and O–H groups in total. The first-order chi connectivity index (χ1) is 13.1. The number of anilines is 2. The summed E-state index contributed by atoms with van der Waals surface area (Å²) in [6.45, 7) is 2.03. The molecule has 0 spiro atoms. The van der Waals surface area contributed by atoms with E-state index in [0.29, 0.717) is 28.9 Å². The zero-order valence-corrected chi connectivity index (χ0v) is 15.0. The molecule has 0 fully saturated rings. The van der Waals surface area contributed by atoms with Crippen molar-refractivity contribution in [3.63, 3.8) is 0 Å². The number of hydrogen-bond acceptors (Lipinski definition) is 5. The van der Waals surface area contributed by atoms with Crippen molar-refractivity contribution in [3.8, 4) is 0 Å². The number of hydrogen-bond donors (Lipinski definition) is 2. The van der Waals surface area contributed by atoms with E-state index in [2.05, 4.69) is 20.6 Å². The van der Waals surface area contributed by atoms with Gasteiger partial charge in [-0.15, -0.1) is 0 Å². The number of amides is 1. The minimum absolute atomic E-state index is 0.111. The van der Waals surface area contributed by atoms with Crippen molar-refractivity contribution in [2.24, 2.45) is 0 Å². The lowest BCUT2D eigenvalue weighted by atomic mass is 10.2. The first-order valence-electron chi connectivity index (χ1n) is 8.36. The van der Waals surface area contributed by atoms with Gasteiger partial charge < -0.3 is 10.6 Å². The highest BCUT2D eigenvalue weighted by Gasteiger charge is 2.07. The van der Waals surface area contributed by atoms with Gasteiger partial charge >= 0.3 is 0 Å². The third-order valence-electron chi connectivity index (χ3n) is 3.92. The Morgan fingerprint density at radius 2 is 1.70 bits per heavy atom. The smallest absolute Gasteiger partial charge is 0.266 e. The maximum Gasteiger partial charge on any atom is 0.266 e. The summed E-state index contributed by atoms with van der Waals surface area (Å²) < 4.78 is 1.46. The Kier molecular flexibility index (Phi) is 5.41. The molecular formula is C20H19N5O2. The van der Waals surface area contributed by atoms with E-state index < -0.39 is 0 Å². The monoisotopic (exact) mass is 361 g/mol. The van der Waals surface area contributed by atoms with Gasteiger partial charge in [-0.25, -0.2) is 4.98 Å². The molecule has 2 heterocycles. The predicted octanol–water partition coefficient (Wildman–Crippen LogP) is 2.66. The Labute approximate surface area is 155 Å². The first-order valence-corrected chi connectivity index (χ1v) is 8.36. The molecule has 0 bridgehead atoms. The molecule has 0 unspecified atom stereocenters. The highest BCUT2D eigenvalue weighted by atomic mass is 16.1. The Morgan fingerprint density at radius 1 is 1.00 bits per heavy atom. The maximum atomic E-state index is 12.5.